The molecule has 1 aromatic rings. The van der Waals surface area contributed by atoms with Crippen molar-refractivity contribution in [1.29, 1.82) is 0 Å². The molecule has 0 radical (unpaired) electrons. The van der Waals surface area contributed by atoms with E-state index in [9.17, 15) is 0 Å². The molecule has 2 atom stereocenters. The zero-order valence-corrected chi connectivity index (χ0v) is 18.3. The molecule has 0 spiro atoms. The van der Waals surface area contributed by atoms with Gasteiger partial charge in [0.1, 0.15) is 0 Å². The van der Waals surface area contributed by atoms with Crippen LogP contribution in [0.2, 0.25) is 0 Å². The first-order valence-corrected chi connectivity index (χ1v) is 9.44. The van der Waals surface area contributed by atoms with E-state index in [1.807, 2.05) is 0 Å². The molecule has 0 amide bonds. The summed E-state index contributed by atoms with van der Waals surface area (Å²) in [6.45, 7) is 8.60. The lowest BCUT2D eigenvalue weighted by atomic mass is 9.99. The summed E-state index contributed by atoms with van der Waals surface area (Å²) in [6.07, 6.45) is 4.81. The number of aryl methyl sites for hydroxylation is 1. The van der Waals surface area contributed by atoms with E-state index in [-0.39, 0.29) is 24.0 Å². The predicted octanol–water partition coefficient (Wildman–Crippen LogP) is 3.52. The van der Waals surface area contributed by atoms with Gasteiger partial charge in [0, 0.05) is 25.7 Å². The fraction of sp³-hybridized carbons (Fsp3) is 0.650. The number of hydrogen-bond acceptors (Lipinski definition) is 2. The third kappa shape index (κ3) is 8.90. The number of nitrogens with zero attached hydrogens (tertiary/aromatic N) is 2. The Morgan fingerprint density at radius 1 is 1.32 bits per heavy atom. The summed E-state index contributed by atoms with van der Waals surface area (Å²) < 4.78 is 0. The predicted molar refractivity (Wildman–Crippen MR) is 119 cm³/mol. The van der Waals surface area contributed by atoms with Crippen molar-refractivity contribution in [3.63, 3.8) is 0 Å². The zero-order chi connectivity index (χ0) is 17.2. The fourth-order valence-corrected chi connectivity index (χ4v) is 3.30. The first-order valence-electron chi connectivity index (χ1n) is 9.44. The second-order valence-corrected chi connectivity index (χ2v) is 7.06. The van der Waals surface area contributed by atoms with Gasteiger partial charge in [-0.3, -0.25) is 4.99 Å². The van der Waals surface area contributed by atoms with Crippen LogP contribution in [-0.4, -0.2) is 50.1 Å². The van der Waals surface area contributed by atoms with Crippen LogP contribution in [0.4, 0.5) is 0 Å². The molecule has 25 heavy (non-hydrogen) atoms. The van der Waals surface area contributed by atoms with Crippen molar-refractivity contribution in [2.75, 3.05) is 33.2 Å². The van der Waals surface area contributed by atoms with Crippen molar-refractivity contribution in [2.45, 2.75) is 45.6 Å². The van der Waals surface area contributed by atoms with Crippen LogP contribution < -0.4 is 10.6 Å². The molecule has 0 saturated carbocycles. The molecule has 1 fully saturated rings. The number of piperidine rings is 1. The summed E-state index contributed by atoms with van der Waals surface area (Å²) in [4.78, 5) is 7.26. The van der Waals surface area contributed by atoms with Gasteiger partial charge >= 0.3 is 0 Å². The van der Waals surface area contributed by atoms with E-state index in [2.05, 4.69) is 66.8 Å². The molecular formula is C20H35IN4. The summed E-state index contributed by atoms with van der Waals surface area (Å²) in [5.74, 6) is 1.66. The average molecular weight is 458 g/mol. The van der Waals surface area contributed by atoms with Crippen LogP contribution in [0.5, 0.6) is 0 Å². The Balaban J connectivity index is 0.00000312. The summed E-state index contributed by atoms with van der Waals surface area (Å²) in [6, 6.07) is 11.1. The van der Waals surface area contributed by atoms with Crippen LogP contribution in [0, 0.1) is 5.92 Å². The van der Waals surface area contributed by atoms with Gasteiger partial charge in [0.2, 0.25) is 0 Å². The maximum atomic E-state index is 4.83. The second kappa shape index (κ2) is 12.5. The number of hydrogen-bond donors (Lipinski definition) is 2. The minimum atomic E-state index is 0. The van der Waals surface area contributed by atoms with Gasteiger partial charge in [0.15, 0.2) is 5.96 Å². The lowest BCUT2D eigenvalue weighted by Crippen LogP contribution is -2.43. The Bertz CT molecular complexity index is 492. The van der Waals surface area contributed by atoms with Gasteiger partial charge < -0.3 is 15.5 Å². The van der Waals surface area contributed by atoms with Crippen LogP contribution in [0.25, 0.3) is 0 Å². The monoisotopic (exact) mass is 458 g/mol. The largest absolute Gasteiger partial charge is 0.357 e. The Labute approximate surface area is 170 Å². The molecular weight excluding hydrogens is 423 g/mol. The second-order valence-electron chi connectivity index (χ2n) is 7.06. The third-order valence-corrected chi connectivity index (χ3v) is 4.67. The van der Waals surface area contributed by atoms with E-state index >= 15 is 0 Å². The standard InChI is InChI=1S/C20H34N4.HI/c1-4-21-20(22-15-19-11-8-14-24(3)16-19)23-17(2)12-13-18-9-6-5-7-10-18;/h5-7,9-10,17,19H,4,8,11-16H2,1-3H3,(H2,21,22,23);1H. The molecule has 0 aliphatic carbocycles. The van der Waals surface area contributed by atoms with Gasteiger partial charge in [0.25, 0.3) is 0 Å². The third-order valence-electron chi connectivity index (χ3n) is 4.67. The number of aliphatic imine (C=N–C) groups is 1. The Kier molecular flexibility index (Phi) is 11.1. The highest BCUT2D eigenvalue weighted by molar-refractivity contribution is 14.0. The molecule has 2 rings (SSSR count). The highest BCUT2D eigenvalue weighted by Gasteiger charge is 2.17. The van der Waals surface area contributed by atoms with E-state index < -0.39 is 0 Å². The normalized spacial score (nSPS) is 19.8. The van der Waals surface area contributed by atoms with Crippen molar-refractivity contribution in [3.05, 3.63) is 35.9 Å². The summed E-state index contributed by atoms with van der Waals surface area (Å²) >= 11 is 0. The number of halogens is 1. The van der Waals surface area contributed by atoms with Crippen molar-refractivity contribution in [2.24, 2.45) is 10.9 Å². The molecule has 1 heterocycles. The molecule has 1 aliphatic heterocycles. The van der Waals surface area contributed by atoms with Crippen molar-refractivity contribution in [1.82, 2.24) is 15.5 Å². The highest BCUT2D eigenvalue weighted by atomic mass is 127. The van der Waals surface area contributed by atoms with Crippen LogP contribution in [-0.2, 0) is 6.42 Å². The van der Waals surface area contributed by atoms with E-state index in [0.717, 1.165) is 31.9 Å². The SMILES string of the molecule is CCNC(=NCC1CCCN(C)C1)NC(C)CCc1ccccc1.I. The van der Waals surface area contributed by atoms with Gasteiger partial charge in [0.05, 0.1) is 0 Å². The maximum absolute atomic E-state index is 4.83. The minimum Gasteiger partial charge on any atom is -0.357 e. The zero-order valence-electron chi connectivity index (χ0n) is 16.0. The number of nitrogens with one attached hydrogen (secondary N) is 2. The van der Waals surface area contributed by atoms with E-state index in [1.165, 1.54) is 31.5 Å². The number of rotatable bonds is 7. The quantitative estimate of drug-likeness (QED) is 0.373. The average Bonchev–Trinajstić information content (AvgIpc) is 2.59. The fourth-order valence-electron chi connectivity index (χ4n) is 3.30. The molecule has 0 bridgehead atoms. The first kappa shape index (κ1) is 22.2. The van der Waals surface area contributed by atoms with Crippen LogP contribution >= 0.6 is 24.0 Å². The van der Waals surface area contributed by atoms with Crippen LogP contribution in [0.1, 0.15) is 38.7 Å². The topological polar surface area (TPSA) is 39.7 Å². The minimum absolute atomic E-state index is 0. The van der Waals surface area contributed by atoms with Gasteiger partial charge in [-0.2, -0.15) is 0 Å². The Hall–Kier alpha value is -0.820. The van der Waals surface area contributed by atoms with E-state index in [1.54, 1.807) is 0 Å². The lowest BCUT2D eigenvalue weighted by molar-refractivity contribution is 0.214. The van der Waals surface area contributed by atoms with Crippen LogP contribution in [0.3, 0.4) is 0 Å². The van der Waals surface area contributed by atoms with E-state index in [0.29, 0.717) is 12.0 Å². The smallest absolute Gasteiger partial charge is 0.191 e. The van der Waals surface area contributed by atoms with E-state index in [4.69, 9.17) is 4.99 Å². The summed E-state index contributed by atoms with van der Waals surface area (Å²) in [7, 11) is 2.21. The molecule has 0 aromatic heterocycles. The van der Waals surface area contributed by atoms with Crippen molar-refractivity contribution >= 4 is 29.9 Å². The summed E-state index contributed by atoms with van der Waals surface area (Å²) in [5, 5.41) is 6.95. The highest BCUT2D eigenvalue weighted by Crippen LogP contribution is 2.15. The van der Waals surface area contributed by atoms with Gasteiger partial charge in [-0.1, -0.05) is 30.3 Å². The lowest BCUT2D eigenvalue weighted by Gasteiger charge is -2.29. The molecule has 142 valence electrons. The number of benzene rings is 1. The number of likely N-dealkylation sites (tertiary alicyclic amines) is 1. The van der Waals surface area contributed by atoms with Crippen molar-refractivity contribution in [3.8, 4) is 0 Å². The Morgan fingerprint density at radius 2 is 2.08 bits per heavy atom. The van der Waals surface area contributed by atoms with Crippen LogP contribution in [0.15, 0.2) is 35.3 Å². The van der Waals surface area contributed by atoms with Gasteiger partial charge in [-0.25, -0.2) is 0 Å². The molecule has 1 saturated heterocycles. The molecule has 2 unspecified atom stereocenters. The van der Waals surface area contributed by atoms with Gasteiger partial charge in [-0.05, 0) is 64.6 Å². The molecule has 1 aromatic carbocycles. The molecule has 4 nitrogen and oxygen atoms in total. The maximum Gasteiger partial charge on any atom is 0.191 e. The Morgan fingerprint density at radius 3 is 2.76 bits per heavy atom. The number of guanidine groups is 1. The van der Waals surface area contributed by atoms with Crippen molar-refractivity contribution < 1.29 is 0 Å². The molecule has 2 N–H and O–H groups in total. The molecule has 5 heteroatoms. The molecule has 1 aliphatic rings. The van der Waals surface area contributed by atoms with Gasteiger partial charge in [-0.15, -0.1) is 24.0 Å². The first-order chi connectivity index (χ1) is 11.7. The summed E-state index contributed by atoms with van der Waals surface area (Å²) in [5.41, 5.74) is 1.40.